The molecule has 2 bridgehead atoms. The number of benzene rings is 3. The van der Waals surface area contributed by atoms with Gasteiger partial charge in [-0.15, -0.1) is 0 Å². The topological polar surface area (TPSA) is 78.9 Å². The van der Waals surface area contributed by atoms with E-state index in [4.69, 9.17) is 21.9 Å². The van der Waals surface area contributed by atoms with Gasteiger partial charge in [-0.3, -0.25) is 0 Å². The van der Waals surface area contributed by atoms with Gasteiger partial charge >= 0.3 is 0 Å². The molecule has 0 aromatic heterocycles. The lowest BCUT2D eigenvalue weighted by molar-refractivity contribution is 0.202. The maximum absolute atomic E-state index is 11.1. The highest BCUT2D eigenvalue weighted by Gasteiger charge is 2.68. The average Bonchev–Trinajstić information content (AvgIpc) is 3.00. The smallest absolute Gasteiger partial charge is 0.141 e. The molecule has 3 aromatic rings. The molecule has 0 aliphatic carbocycles. The summed E-state index contributed by atoms with van der Waals surface area (Å²) in [6.45, 7) is 1.56. The van der Waals surface area contributed by atoms with E-state index in [1.54, 1.807) is 7.11 Å². The number of piperidine rings is 2. The largest absolute Gasteiger partial charge is 0.496 e. The van der Waals surface area contributed by atoms with Gasteiger partial charge in [-0.05, 0) is 30.3 Å². The van der Waals surface area contributed by atoms with Crippen molar-refractivity contribution < 1.29 is 4.74 Å². The van der Waals surface area contributed by atoms with Gasteiger partial charge in [0.05, 0.1) is 25.9 Å². The van der Waals surface area contributed by atoms with Gasteiger partial charge in [-0.2, -0.15) is 10.5 Å². The molecule has 0 saturated carbocycles. The Morgan fingerprint density at radius 2 is 1.42 bits per heavy atom. The minimum absolute atomic E-state index is 0.355. The van der Waals surface area contributed by atoms with E-state index in [9.17, 15) is 10.5 Å². The molecule has 2 saturated heterocycles. The van der Waals surface area contributed by atoms with Crippen LogP contribution in [-0.2, 0) is 0 Å². The Morgan fingerprint density at radius 3 is 2.05 bits per heavy atom. The Labute approximate surface area is 227 Å². The van der Waals surface area contributed by atoms with Crippen LogP contribution in [0, 0.1) is 33.5 Å². The highest BCUT2D eigenvalue weighted by molar-refractivity contribution is 7.80. The summed E-state index contributed by atoms with van der Waals surface area (Å²) in [5.74, 6) is 0.718. The standard InChI is InChI=1S/C30H26N6OS/c1-37-25-15-9-8-14-24(25)26-29(16-31)18-34(22-10-4-2-5-11-22)19-30(26,17-32)28(38)36-21-35(20-33-27(29)36)23-12-6-3-7-13-23/h2-15,26H,18-21H2,1H3/t26-,29-,30-/m1/s1. The monoisotopic (exact) mass is 518 g/mol. The van der Waals surface area contributed by atoms with Crippen LogP contribution in [0.1, 0.15) is 11.5 Å². The van der Waals surface area contributed by atoms with Crippen molar-refractivity contribution in [2.75, 3.05) is 43.3 Å². The number of nitriles is 2. The van der Waals surface area contributed by atoms with Gasteiger partial charge in [-0.1, -0.05) is 66.8 Å². The molecule has 0 spiro atoms. The van der Waals surface area contributed by atoms with Crippen LogP contribution in [0.25, 0.3) is 0 Å². The SMILES string of the molecule is COc1ccccc1[C@H]1[C@@]2(C#N)CN(c3ccccc3)C[C@@]1(C#N)C1=NCN(c3ccccc3)CN1C2=S. The summed E-state index contributed by atoms with van der Waals surface area (Å²) in [7, 11) is 1.62. The number of amidine groups is 1. The molecule has 0 radical (unpaired) electrons. The molecule has 0 N–H and O–H groups in total. The van der Waals surface area contributed by atoms with Crippen LogP contribution in [0.4, 0.5) is 11.4 Å². The maximum atomic E-state index is 11.1. The predicted molar refractivity (Wildman–Crippen MR) is 151 cm³/mol. The van der Waals surface area contributed by atoms with Gasteiger partial charge < -0.3 is 19.4 Å². The quantitative estimate of drug-likeness (QED) is 0.459. The molecule has 7 nitrogen and oxygen atoms in total. The number of ether oxygens (including phenoxy) is 1. The maximum Gasteiger partial charge on any atom is 0.141 e. The lowest BCUT2D eigenvalue weighted by Gasteiger charge is -2.61. The van der Waals surface area contributed by atoms with Gasteiger partial charge in [-0.25, -0.2) is 4.99 Å². The van der Waals surface area contributed by atoms with Crippen LogP contribution in [0.3, 0.4) is 0 Å². The van der Waals surface area contributed by atoms with Crippen molar-refractivity contribution in [2.24, 2.45) is 15.8 Å². The molecule has 2 fully saturated rings. The minimum Gasteiger partial charge on any atom is -0.496 e. The Bertz CT molecular complexity index is 1500. The van der Waals surface area contributed by atoms with Crippen LogP contribution in [0.5, 0.6) is 5.75 Å². The van der Waals surface area contributed by atoms with Crippen molar-refractivity contribution >= 4 is 34.4 Å². The molecule has 3 aliphatic rings. The van der Waals surface area contributed by atoms with E-state index in [1.807, 2.05) is 89.8 Å². The Balaban J connectivity index is 1.58. The van der Waals surface area contributed by atoms with E-state index in [0.29, 0.717) is 43.0 Å². The van der Waals surface area contributed by atoms with Crippen LogP contribution < -0.4 is 14.5 Å². The first-order valence-electron chi connectivity index (χ1n) is 12.5. The van der Waals surface area contributed by atoms with Crippen molar-refractivity contribution in [1.82, 2.24) is 4.90 Å². The average molecular weight is 519 g/mol. The molecular weight excluding hydrogens is 492 g/mol. The van der Waals surface area contributed by atoms with Crippen molar-refractivity contribution in [2.45, 2.75) is 5.92 Å². The lowest BCUT2D eigenvalue weighted by Crippen LogP contribution is -2.73. The number of aliphatic imine (C=N–C) groups is 1. The molecule has 8 heteroatoms. The third kappa shape index (κ3) is 3.38. The number of hydrogen-bond donors (Lipinski definition) is 0. The molecule has 38 heavy (non-hydrogen) atoms. The molecule has 3 aromatic carbocycles. The Morgan fingerprint density at radius 1 is 0.842 bits per heavy atom. The predicted octanol–water partition coefficient (Wildman–Crippen LogP) is 4.80. The third-order valence-electron chi connectivity index (χ3n) is 7.94. The second kappa shape index (κ2) is 9.16. The summed E-state index contributed by atoms with van der Waals surface area (Å²) in [5, 5.41) is 22.1. The van der Waals surface area contributed by atoms with Crippen molar-refractivity contribution in [3.63, 3.8) is 0 Å². The highest BCUT2D eigenvalue weighted by atomic mass is 32.1. The lowest BCUT2D eigenvalue weighted by atomic mass is 9.53. The number of methoxy groups -OCH3 is 1. The third-order valence-corrected chi connectivity index (χ3v) is 8.53. The number of nitrogens with zero attached hydrogens (tertiary/aromatic N) is 6. The van der Waals surface area contributed by atoms with Gasteiger partial charge in [0.1, 0.15) is 34.1 Å². The highest BCUT2D eigenvalue weighted by Crippen LogP contribution is 2.60. The number of anilines is 2. The summed E-state index contributed by atoms with van der Waals surface area (Å²) in [6, 6.07) is 32.9. The van der Waals surface area contributed by atoms with E-state index in [1.165, 1.54) is 0 Å². The first-order chi connectivity index (χ1) is 18.6. The first kappa shape index (κ1) is 24.0. The fraction of sp³-hybridized carbons (Fsp3) is 0.267. The van der Waals surface area contributed by atoms with E-state index in [2.05, 4.69) is 21.9 Å². The number of hydrogen-bond acceptors (Lipinski definition) is 7. The van der Waals surface area contributed by atoms with Crippen molar-refractivity contribution in [3.8, 4) is 17.9 Å². The normalized spacial score (nSPS) is 26.1. The molecule has 6 rings (SSSR count). The Hall–Kier alpha value is -4.40. The molecular formula is C30H26N6OS. The fourth-order valence-corrected chi connectivity index (χ4v) is 6.68. The number of para-hydroxylation sites is 3. The summed E-state index contributed by atoms with van der Waals surface area (Å²) >= 11 is 6.20. The second-order valence-electron chi connectivity index (χ2n) is 9.91. The number of thiocarbonyl (C=S) groups is 1. The van der Waals surface area contributed by atoms with Gasteiger partial charge in [0.2, 0.25) is 0 Å². The van der Waals surface area contributed by atoms with Crippen LogP contribution >= 0.6 is 12.2 Å². The Kier molecular flexibility index (Phi) is 5.78. The first-order valence-corrected chi connectivity index (χ1v) is 12.9. The zero-order valence-corrected chi connectivity index (χ0v) is 21.8. The molecule has 188 valence electrons. The summed E-state index contributed by atoms with van der Waals surface area (Å²) < 4.78 is 5.76. The van der Waals surface area contributed by atoms with Crippen molar-refractivity contribution in [3.05, 3.63) is 90.5 Å². The van der Waals surface area contributed by atoms with Crippen LogP contribution in [0.2, 0.25) is 0 Å². The van der Waals surface area contributed by atoms with E-state index >= 15 is 0 Å². The van der Waals surface area contributed by atoms with E-state index in [0.717, 1.165) is 16.9 Å². The minimum atomic E-state index is -1.17. The summed E-state index contributed by atoms with van der Waals surface area (Å²) in [4.78, 5) is 11.7. The van der Waals surface area contributed by atoms with Crippen LogP contribution in [0.15, 0.2) is 89.9 Å². The van der Waals surface area contributed by atoms with E-state index < -0.39 is 16.7 Å². The van der Waals surface area contributed by atoms with Crippen molar-refractivity contribution in [1.29, 1.82) is 10.5 Å². The summed E-state index contributed by atoms with van der Waals surface area (Å²) in [5.41, 5.74) is 0.457. The number of rotatable bonds is 4. The zero-order chi connectivity index (χ0) is 26.3. The molecule has 3 aliphatic heterocycles. The van der Waals surface area contributed by atoms with Gasteiger partial charge in [0, 0.05) is 35.9 Å². The molecule has 0 amide bonds. The van der Waals surface area contributed by atoms with Crippen LogP contribution in [-0.4, -0.2) is 49.3 Å². The molecule has 3 atom stereocenters. The van der Waals surface area contributed by atoms with E-state index in [-0.39, 0.29) is 0 Å². The second-order valence-corrected chi connectivity index (χ2v) is 10.3. The molecule has 0 unspecified atom stereocenters. The van der Waals surface area contributed by atoms with Gasteiger partial charge in [0.25, 0.3) is 0 Å². The fourth-order valence-electron chi connectivity index (χ4n) is 6.31. The summed E-state index contributed by atoms with van der Waals surface area (Å²) in [6.07, 6.45) is 0. The van der Waals surface area contributed by atoms with Gasteiger partial charge in [0.15, 0.2) is 0 Å². The zero-order valence-electron chi connectivity index (χ0n) is 21.0. The molecule has 3 heterocycles. The number of fused-ring (bicyclic) bond motifs is 4.